The van der Waals surface area contributed by atoms with Gasteiger partial charge in [0, 0.05) is 11.4 Å². The lowest BCUT2D eigenvalue weighted by molar-refractivity contribution is 0.510. The summed E-state index contributed by atoms with van der Waals surface area (Å²) in [5.74, 6) is 0.446. The van der Waals surface area contributed by atoms with Gasteiger partial charge in [-0.05, 0) is 39.5 Å². The van der Waals surface area contributed by atoms with Gasteiger partial charge in [0.15, 0.2) is 0 Å². The molecule has 1 rings (SSSR count). The summed E-state index contributed by atoms with van der Waals surface area (Å²) in [7, 11) is -3.18. The molecule has 1 saturated carbocycles. The van der Waals surface area contributed by atoms with Crippen molar-refractivity contribution in [3.05, 3.63) is 0 Å². The van der Waals surface area contributed by atoms with Gasteiger partial charge in [-0.25, -0.2) is 13.1 Å². The van der Waals surface area contributed by atoms with Gasteiger partial charge in [0.05, 0.1) is 4.75 Å². The highest BCUT2D eigenvalue weighted by Gasteiger charge is 2.31. The summed E-state index contributed by atoms with van der Waals surface area (Å²) >= 11 is 3.59. The molecular weight excluding hydrogens is 278 g/mol. The molecule has 1 aliphatic rings. The van der Waals surface area contributed by atoms with Gasteiger partial charge in [0.25, 0.3) is 0 Å². The first-order valence-electron chi connectivity index (χ1n) is 5.37. The summed E-state index contributed by atoms with van der Waals surface area (Å²) in [6, 6.07) is 0. The van der Waals surface area contributed by atoms with E-state index < -0.39 is 14.8 Å². The van der Waals surface area contributed by atoms with Crippen molar-refractivity contribution in [1.29, 1.82) is 0 Å². The Bertz CT molecular complexity index is 308. The minimum Gasteiger partial charge on any atom is -0.214 e. The van der Waals surface area contributed by atoms with Gasteiger partial charge in [-0.2, -0.15) is 0 Å². The monoisotopic (exact) mass is 297 g/mol. The fourth-order valence-corrected chi connectivity index (χ4v) is 3.30. The van der Waals surface area contributed by atoms with Crippen LogP contribution in [-0.4, -0.2) is 24.5 Å². The Balaban J connectivity index is 2.50. The normalized spacial score (nSPS) is 28.3. The Hall–Kier alpha value is 0.390. The van der Waals surface area contributed by atoms with Crippen LogP contribution in [0.25, 0.3) is 0 Å². The van der Waals surface area contributed by atoms with Crippen LogP contribution in [0, 0.1) is 5.92 Å². The lowest BCUT2D eigenvalue weighted by Crippen LogP contribution is -2.42. The Labute approximate surface area is 101 Å². The highest BCUT2D eigenvalue weighted by atomic mass is 79.9. The van der Waals surface area contributed by atoms with Gasteiger partial charge in [0.1, 0.15) is 0 Å². The molecule has 0 saturated heterocycles. The molecule has 0 aromatic heterocycles. The summed E-state index contributed by atoms with van der Waals surface area (Å²) in [4.78, 5) is 0.472. The first-order valence-corrected chi connectivity index (χ1v) is 7.77. The maximum Gasteiger partial charge on any atom is 0.216 e. The van der Waals surface area contributed by atoms with Crippen molar-refractivity contribution in [2.45, 2.75) is 49.6 Å². The van der Waals surface area contributed by atoms with Crippen LogP contribution >= 0.6 is 15.9 Å². The Morgan fingerprint density at radius 3 is 2.33 bits per heavy atom. The van der Waals surface area contributed by atoms with Crippen LogP contribution in [0.2, 0.25) is 0 Å². The van der Waals surface area contributed by atoms with E-state index in [1.165, 1.54) is 6.42 Å². The van der Waals surface area contributed by atoms with E-state index in [2.05, 4.69) is 20.7 Å². The van der Waals surface area contributed by atoms with Crippen molar-refractivity contribution in [2.75, 3.05) is 6.54 Å². The van der Waals surface area contributed by atoms with E-state index in [9.17, 15) is 8.42 Å². The zero-order valence-electron chi connectivity index (χ0n) is 9.59. The summed E-state index contributed by atoms with van der Waals surface area (Å²) in [6.07, 6.45) is 3.46. The average molecular weight is 298 g/mol. The lowest BCUT2D eigenvalue weighted by atomic mass is 10.1. The van der Waals surface area contributed by atoms with E-state index in [4.69, 9.17) is 0 Å². The summed E-state index contributed by atoms with van der Waals surface area (Å²) in [6.45, 7) is 5.72. The van der Waals surface area contributed by atoms with Gasteiger partial charge < -0.3 is 0 Å². The fourth-order valence-electron chi connectivity index (χ4n) is 1.65. The number of halogens is 1. The van der Waals surface area contributed by atoms with Gasteiger partial charge in [0.2, 0.25) is 10.0 Å². The molecular formula is C10H20BrNO2S. The molecule has 0 aromatic carbocycles. The number of hydrogen-bond acceptors (Lipinski definition) is 2. The molecule has 90 valence electrons. The molecule has 0 aliphatic heterocycles. The van der Waals surface area contributed by atoms with Crippen LogP contribution < -0.4 is 4.72 Å². The highest BCUT2D eigenvalue weighted by Crippen LogP contribution is 2.31. The second kappa shape index (κ2) is 4.72. The first-order chi connectivity index (χ1) is 6.74. The van der Waals surface area contributed by atoms with E-state index in [-0.39, 0.29) is 0 Å². The average Bonchev–Trinajstić information content (AvgIpc) is 2.46. The number of sulfonamides is 1. The van der Waals surface area contributed by atoms with Crippen molar-refractivity contribution in [3.63, 3.8) is 0 Å². The molecule has 2 unspecified atom stereocenters. The van der Waals surface area contributed by atoms with Crippen molar-refractivity contribution in [3.8, 4) is 0 Å². The van der Waals surface area contributed by atoms with E-state index in [0.717, 1.165) is 12.8 Å². The summed E-state index contributed by atoms with van der Waals surface area (Å²) in [5, 5.41) is 0. The molecule has 2 atom stereocenters. The molecule has 15 heavy (non-hydrogen) atoms. The molecule has 0 radical (unpaired) electrons. The van der Waals surface area contributed by atoms with Gasteiger partial charge in [-0.15, -0.1) is 0 Å². The number of hydrogen-bond donors (Lipinski definition) is 1. The predicted molar refractivity (Wildman–Crippen MR) is 66.7 cm³/mol. The molecule has 1 N–H and O–H groups in total. The van der Waals surface area contributed by atoms with Crippen molar-refractivity contribution in [2.24, 2.45) is 5.92 Å². The minimum absolute atomic E-state index is 0.446. The van der Waals surface area contributed by atoms with E-state index in [1.807, 2.05) is 0 Å². The minimum atomic E-state index is -3.18. The molecule has 3 nitrogen and oxygen atoms in total. The van der Waals surface area contributed by atoms with E-state index in [1.54, 1.807) is 20.8 Å². The molecule has 0 aromatic rings. The number of rotatable bonds is 3. The molecule has 0 bridgehead atoms. The van der Waals surface area contributed by atoms with Crippen LogP contribution in [-0.2, 0) is 10.0 Å². The van der Waals surface area contributed by atoms with Gasteiger partial charge >= 0.3 is 0 Å². The Morgan fingerprint density at radius 2 is 1.93 bits per heavy atom. The number of alkyl halides is 1. The quantitative estimate of drug-likeness (QED) is 0.812. The summed E-state index contributed by atoms with van der Waals surface area (Å²) < 4.78 is 25.6. The second-order valence-electron chi connectivity index (χ2n) is 5.17. The zero-order valence-corrected chi connectivity index (χ0v) is 12.0. The Kier molecular flexibility index (Phi) is 4.23. The molecule has 0 heterocycles. The van der Waals surface area contributed by atoms with Crippen LogP contribution in [0.4, 0.5) is 0 Å². The van der Waals surface area contributed by atoms with Crippen LogP contribution in [0.1, 0.15) is 40.0 Å². The second-order valence-corrected chi connectivity index (χ2v) is 8.87. The summed E-state index contributed by atoms with van der Waals surface area (Å²) in [5.41, 5.74) is 0. The largest absolute Gasteiger partial charge is 0.216 e. The van der Waals surface area contributed by atoms with Crippen LogP contribution in [0.3, 0.4) is 0 Å². The molecule has 0 spiro atoms. The van der Waals surface area contributed by atoms with E-state index >= 15 is 0 Å². The first kappa shape index (κ1) is 13.5. The predicted octanol–water partition coefficient (Wildman–Crippen LogP) is 2.27. The Morgan fingerprint density at radius 1 is 1.33 bits per heavy atom. The third-order valence-corrected chi connectivity index (χ3v) is 6.27. The van der Waals surface area contributed by atoms with Gasteiger partial charge in [-0.3, -0.25) is 0 Å². The number of nitrogens with one attached hydrogen (secondary N) is 1. The zero-order chi connectivity index (χ0) is 11.7. The van der Waals surface area contributed by atoms with Crippen molar-refractivity contribution in [1.82, 2.24) is 4.72 Å². The smallest absolute Gasteiger partial charge is 0.214 e. The topological polar surface area (TPSA) is 46.2 Å². The lowest BCUT2D eigenvalue weighted by Gasteiger charge is -2.22. The molecule has 0 amide bonds. The third-order valence-electron chi connectivity index (χ3n) is 2.91. The maximum absolute atomic E-state index is 11.8. The standard InChI is InChI=1S/C10H20BrNO2S/c1-10(2,3)15(13,14)12-7-8-5-4-6-9(8)11/h8-9,12H,4-7H2,1-3H3. The third kappa shape index (κ3) is 3.43. The van der Waals surface area contributed by atoms with Crippen molar-refractivity contribution >= 4 is 26.0 Å². The molecule has 5 heteroatoms. The van der Waals surface area contributed by atoms with E-state index in [0.29, 0.717) is 17.3 Å². The SMILES string of the molecule is CC(C)(C)S(=O)(=O)NCC1CCCC1Br. The molecule has 1 aliphatic carbocycles. The highest BCUT2D eigenvalue weighted by molar-refractivity contribution is 9.09. The fraction of sp³-hybridized carbons (Fsp3) is 1.00. The van der Waals surface area contributed by atoms with Crippen LogP contribution in [0.15, 0.2) is 0 Å². The van der Waals surface area contributed by atoms with Gasteiger partial charge in [-0.1, -0.05) is 22.4 Å². The molecule has 1 fully saturated rings. The van der Waals surface area contributed by atoms with Crippen LogP contribution in [0.5, 0.6) is 0 Å². The maximum atomic E-state index is 11.8. The van der Waals surface area contributed by atoms with Crippen molar-refractivity contribution < 1.29 is 8.42 Å².